The first-order chi connectivity index (χ1) is 10.6. The lowest BCUT2D eigenvalue weighted by molar-refractivity contribution is -0.139. The van der Waals surface area contributed by atoms with Crippen LogP contribution in [0.1, 0.15) is 50.1 Å². The summed E-state index contributed by atoms with van der Waals surface area (Å²) in [5.41, 5.74) is 2.92. The van der Waals surface area contributed by atoms with E-state index in [1.54, 1.807) is 11.3 Å². The molecule has 0 aromatic carbocycles. The summed E-state index contributed by atoms with van der Waals surface area (Å²) in [6.45, 7) is 8.69. The maximum atomic E-state index is 12.4. The van der Waals surface area contributed by atoms with E-state index >= 15 is 0 Å². The van der Waals surface area contributed by atoms with Gasteiger partial charge in [-0.2, -0.15) is 0 Å². The summed E-state index contributed by atoms with van der Waals surface area (Å²) in [4.78, 5) is 19.8. The van der Waals surface area contributed by atoms with Crippen molar-refractivity contribution in [1.29, 1.82) is 0 Å². The highest BCUT2D eigenvalue weighted by Crippen LogP contribution is 2.18. The number of nitrogens with zero attached hydrogens (tertiary/aromatic N) is 2. The molecule has 0 spiro atoms. The van der Waals surface area contributed by atoms with Crippen LogP contribution < -0.4 is 0 Å². The normalized spacial score (nSPS) is 18.9. The fourth-order valence-corrected chi connectivity index (χ4v) is 3.60. The van der Waals surface area contributed by atoms with Crippen molar-refractivity contribution in [2.75, 3.05) is 19.7 Å². The summed E-state index contributed by atoms with van der Waals surface area (Å²) in [5, 5.41) is 0. The molecule has 4 nitrogen and oxygen atoms in total. The first kappa shape index (κ1) is 17.4. The summed E-state index contributed by atoms with van der Waals surface area (Å²) in [5.74, 6) is 0.994. The molecule has 0 unspecified atom stereocenters. The molecule has 0 aliphatic carbocycles. The van der Waals surface area contributed by atoms with Gasteiger partial charge in [-0.25, -0.2) is 4.98 Å². The summed E-state index contributed by atoms with van der Waals surface area (Å²) in [7, 11) is 0. The third kappa shape index (κ3) is 5.36. The van der Waals surface area contributed by atoms with Crippen LogP contribution in [0.3, 0.4) is 0 Å². The van der Waals surface area contributed by atoms with Crippen molar-refractivity contribution >= 4 is 17.2 Å². The zero-order valence-corrected chi connectivity index (χ0v) is 14.8. The molecule has 0 saturated carbocycles. The molecule has 0 N–H and O–H groups in total. The summed E-state index contributed by atoms with van der Waals surface area (Å²) < 4.78 is 5.81. The number of rotatable bonds is 7. The number of aromatic nitrogens is 1. The van der Waals surface area contributed by atoms with Gasteiger partial charge in [0, 0.05) is 24.4 Å². The molecule has 1 amide bonds. The molecule has 1 fully saturated rings. The average Bonchev–Trinajstić information content (AvgIpc) is 2.90. The molecule has 0 radical (unpaired) electrons. The van der Waals surface area contributed by atoms with E-state index in [1.165, 1.54) is 17.7 Å². The Balaban J connectivity index is 1.74. The third-order valence-corrected chi connectivity index (χ3v) is 5.20. The van der Waals surface area contributed by atoms with Crippen LogP contribution in [0.4, 0.5) is 0 Å². The van der Waals surface area contributed by atoms with Gasteiger partial charge in [0.2, 0.25) is 5.91 Å². The number of hydrogen-bond acceptors (Lipinski definition) is 4. The van der Waals surface area contributed by atoms with Gasteiger partial charge in [0.05, 0.1) is 23.9 Å². The topological polar surface area (TPSA) is 42.4 Å². The molecule has 22 heavy (non-hydrogen) atoms. The number of hydrogen-bond donors (Lipinski definition) is 0. The average molecular weight is 324 g/mol. The first-order valence-corrected chi connectivity index (χ1v) is 9.22. The van der Waals surface area contributed by atoms with Crippen molar-refractivity contribution in [2.45, 2.75) is 59.0 Å². The van der Waals surface area contributed by atoms with Crippen LogP contribution in [-0.2, 0) is 16.0 Å². The Morgan fingerprint density at radius 2 is 2.36 bits per heavy atom. The van der Waals surface area contributed by atoms with Crippen LogP contribution in [0.2, 0.25) is 0 Å². The van der Waals surface area contributed by atoms with Crippen LogP contribution in [0, 0.1) is 12.8 Å². The molecule has 124 valence electrons. The monoisotopic (exact) mass is 324 g/mol. The van der Waals surface area contributed by atoms with E-state index in [2.05, 4.69) is 18.8 Å². The Kier molecular flexibility index (Phi) is 6.83. The van der Waals surface area contributed by atoms with Gasteiger partial charge in [-0.1, -0.05) is 26.7 Å². The minimum absolute atomic E-state index is 0.224. The lowest BCUT2D eigenvalue weighted by Crippen LogP contribution is -2.45. The van der Waals surface area contributed by atoms with Crippen molar-refractivity contribution in [3.05, 3.63) is 16.1 Å². The Labute approximate surface area is 137 Å². The van der Waals surface area contributed by atoms with E-state index in [1.807, 2.05) is 17.3 Å². The largest absolute Gasteiger partial charge is 0.375 e. The van der Waals surface area contributed by atoms with Crippen molar-refractivity contribution in [3.63, 3.8) is 0 Å². The van der Waals surface area contributed by atoms with E-state index in [0.717, 1.165) is 37.5 Å². The predicted octanol–water partition coefficient (Wildman–Crippen LogP) is 3.44. The Morgan fingerprint density at radius 1 is 1.55 bits per heavy atom. The molecule has 1 aromatic rings. The lowest BCUT2D eigenvalue weighted by atomic mass is 10.0. The number of amides is 1. The summed E-state index contributed by atoms with van der Waals surface area (Å²) >= 11 is 1.65. The van der Waals surface area contributed by atoms with E-state index < -0.39 is 0 Å². The standard InChI is InChI=1S/C17H28N2O2S/c1-13(2)5-4-6-15-11-19(9-10-21-15)17(20)8-7-16-14(3)18-12-22-16/h12-13,15H,4-11H2,1-3H3/t15-/m1/s1. The summed E-state index contributed by atoms with van der Waals surface area (Å²) in [6.07, 6.45) is 5.10. The van der Waals surface area contributed by atoms with Crippen molar-refractivity contribution in [1.82, 2.24) is 9.88 Å². The zero-order chi connectivity index (χ0) is 15.9. The second-order valence-electron chi connectivity index (χ2n) is 6.52. The highest BCUT2D eigenvalue weighted by molar-refractivity contribution is 7.09. The van der Waals surface area contributed by atoms with Crippen molar-refractivity contribution in [2.24, 2.45) is 5.92 Å². The quantitative estimate of drug-likeness (QED) is 0.771. The smallest absolute Gasteiger partial charge is 0.223 e. The maximum absolute atomic E-state index is 12.4. The molecule has 0 bridgehead atoms. The van der Waals surface area contributed by atoms with Crippen LogP contribution in [0.5, 0.6) is 0 Å². The van der Waals surface area contributed by atoms with Crippen molar-refractivity contribution in [3.8, 4) is 0 Å². The number of aryl methyl sites for hydroxylation is 2. The van der Waals surface area contributed by atoms with E-state index in [-0.39, 0.29) is 12.0 Å². The Bertz CT molecular complexity index is 473. The first-order valence-electron chi connectivity index (χ1n) is 8.34. The lowest BCUT2D eigenvalue weighted by Gasteiger charge is -2.33. The molecular formula is C17H28N2O2S. The van der Waals surface area contributed by atoms with Crippen molar-refractivity contribution < 1.29 is 9.53 Å². The molecular weight excluding hydrogens is 296 g/mol. The SMILES string of the molecule is Cc1ncsc1CCC(=O)N1CCO[C@H](CCCC(C)C)C1. The molecule has 1 atom stereocenters. The number of thiazole rings is 1. The van der Waals surface area contributed by atoms with Crippen LogP contribution >= 0.6 is 11.3 Å². The number of carbonyl (C=O) groups excluding carboxylic acids is 1. The second-order valence-corrected chi connectivity index (χ2v) is 7.46. The van der Waals surface area contributed by atoms with Gasteiger partial charge in [0.15, 0.2) is 0 Å². The molecule has 1 aromatic heterocycles. The van der Waals surface area contributed by atoms with Gasteiger partial charge in [0.25, 0.3) is 0 Å². The van der Waals surface area contributed by atoms with E-state index in [0.29, 0.717) is 13.0 Å². The Morgan fingerprint density at radius 3 is 3.05 bits per heavy atom. The molecule has 2 rings (SSSR count). The van der Waals surface area contributed by atoms with Gasteiger partial charge >= 0.3 is 0 Å². The minimum atomic E-state index is 0.224. The molecule has 5 heteroatoms. The summed E-state index contributed by atoms with van der Waals surface area (Å²) in [6, 6.07) is 0. The highest BCUT2D eigenvalue weighted by Gasteiger charge is 2.23. The van der Waals surface area contributed by atoms with Gasteiger partial charge in [-0.3, -0.25) is 4.79 Å². The number of carbonyl (C=O) groups is 1. The second kappa shape index (κ2) is 8.63. The number of morpholine rings is 1. The van der Waals surface area contributed by atoms with Gasteiger partial charge in [-0.15, -0.1) is 11.3 Å². The minimum Gasteiger partial charge on any atom is -0.375 e. The van der Waals surface area contributed by atoms with E-state index in [9.17, 15) is 4.79 Å². The maximum Gasteiger partial charge on any atom is 0.223 e. The molecule has 1 aliphatic heterocycles. The fraction of sp³-hybridized carbons (Fsp3) is 0.765. The van der Waals surface area contributed by atoms with Crippen LogP contribution in [0.15, 0.2) is 5.51 Å². The van der Waals surface area contributed by atoms with Crippen LogP contribution in [0.25, 0.3) is 0 Å². The molecule has 1 aliphatic rings. The Hall–Kier alpha value is -0.940. The third-order valence-electron chi connectivity index (χ3n) is 4.21. The zero-order valence-electron chi connectivity index (χ0n) is 14.0. The van der Waals surface area contributed by atoms with Gasteiger partial charge in [-0.05, 0) is 25.7 Å². The highest BCUT2D eigenvalue weighted by atomic mass is 32.1. The number of ether oxygens (including phenoxy) is 1. The molecule has 2 heterocycles. The van der Waals surface area contributed by atoms with E-state index in [4.69, 9.17) is 4.74 Å². The predicted molar refractivity (Wildman–Crippen MR) is 90.2 cm³/mol. The van der Waals surface area contributed by atoms with Crippen LogP contribution in [-0.4, -0.2) is 41.6 Å². The molecule has 1 saturated heterocycles. The fourth-order valence-electron chi connectivity index (χ4n) is 2.82. The van der Waals surface area contributed by atoms with Gasteiger partial charge < -0.3 is 9.64 Å². The van der Waals surface area contributed by atoms with Gasteiger partial charge in [0.1, 0.15) is 0 Å².